The van der Waals surface area contributed by atoms with E-state index in [0.29, 0.717) is 57.6 Å². The number of nitrogen functional groups attached to an aromatic ring is 1. The van der Waals surface area contributed by atoms with Gasteiger partial charge in [0.25, 0.3) is 5.91 Å². The van der Waals surface area contributed by atoms with Gasteiger partial charge in [0.2, 0.25) is 0 Å². The van der Waals surface area contributed by atoms with Gasteiger partial charge in [-0.15, -0.1) is 0 Å². The first kappa shape index (κ1) is 34.8. The highest BCUT2D eigenvalue weighted by Gasteiger charge is 2.10. The smallest absolute Gasteiger partial charge is 0.251 e. The summed E-state index contributed by atoms with van der Waals surface area (Å²) in [5.74, 6) is 1.14. The maximum Gasteiger partial charge on any atom is 0.251 e. The summed E-state index contributed by atoms with van der Waals surface area (Å²) in [4.78, 5) is 21.7. The summed E-state index contributed by atoms with van der Waals surface area (Å²) in [6.45, 7) is 10.4. The van der Waals surface area contributed by atoms with Gasteiger partial charge < -0.3 is 30.0 Å². The Bertz CT molecular complexity index is 1810. The minimum absolute atomic E-state index is 0.134. The molecule has 0 radical (unpaired) electrons. The van der Waals surface area contributed by atoms with Gasteiger partial charge in [-0.1, -0.05) is 37.3 Å². The summed E-state index contributed by atoms with van der Waals surface area (Å²) in [5, 5.41) is 4.99. The number of amides is 1. The van der Waals surface area contributed by atoms with E-state index in [-0.39, 0.29) is 5.91 Å². The third-order valence-electron chi connectivity index (χ3n) is 8.11. The molecule has 0 aliphatic rings. The van der Waals surface area contributed by atoms with Gasteiger partial charge in [-0.3, -0.25) is 9.78 Å². The molecule has 5 aromatic rings. The molecular weight excluding hydrogens is 604 g/mol. The van der Waals surface area contributed by atoms with Gasteiger partial charge in [0.1, 0.15) is 17.9 Å². The van der Waals surface area contributed by atoms with E-state index in [1.807, 2.05) is 36.5 Å². The monoisotopic (exact) mass is 650 g/mol. The molecule has 0 saturated heterocycles. The number of nitrogens with two attached hydrogens (primary N) is 1. The van der Waals surface area contributed by atoms with Crippen molar-refractivity contribution in [1.82, 2.24) is 15.3 Å². The van der Waals surface area contributed by atoms with Gasteiger partial charge >= 0.3 is 0 Å². The van der Waals surface area contributed by atoms with Crippen LogP contribution in [0.5, 0.6) is 5.75 Å². The fourth-order valence-corrected chi connectivity index (χ4v) is 5.46. The molecule has 3 aromatic carbocycles. The molecule has 2 aromatic heterocycles. The number of aryl methyl sites for hydroxylation is 4. The van der Waals surface area contributed by atoms with Crippen molar-refractivity contribution in [2.24, 2.45) is 0 Å². The van der Waals surface area contributed by atoms with E-state index >= 15 is 0 Å². The number of ether oxygens (including phenoxy) is 4. The second-order valence-corrected chi connectivity index (χ2v) is 11.9. The van der Waals surface area contributed by atoms with Crippen LogP contribution < -0.4 is 15.8 Å². The maximum absolute atomic E-state index is 12.5. The molecule has 9 heteroatoms. The highest BCUT2D eigenvalue weighted by atomic mass is 16.5. The first-order valence-corrected chi connectivity index (χ1v) is 16.7. The Labute approximate surface area is 282 Å². The molecule has 3 N–H and O–H groups in total. The number of fused-ring (bicyclic) bond motifs is 3. The van der Waals surface area contributed by atoms with Crippen molar-refractivity contribution in [3.8, 4) is 5.75 Å². The molecule has 252 valence electrons. The van der Waals surface area contributed by atoms with Gasteiger partial charge in [0, 0.05) is 35.7 Å². The van der Waals surface area contributed by atoms with Gasteiger partial charge in [0.05, 0.1) is 38.6 Å². The molecule has 0 atom stereocenters. The SMILES string of the molecule is CCCOCCOCCOCCNC(=O)c1ccc(COc2ccc(CCc3cnc4c(N)nc5cc(C)ccc5c4c3)c(C)c2)cc1. The molecule has 9 nitrogen and oxygen atoms in total. The number of carbonyl (C=O) groups excluding carboxylic acids is 1. The van der Waals surface area contributed by atoms with Crippen molar-refractivity contribution in [2.45, 2.75) is 46.6 Å². The quantitative estimate of drug-likeness (QED) is 0.0812. The number of pyridine rings is 2. The van der Waals surface area contributed by atoms with Gasteiger partial charge in [0.15, 0.2) is 5.82 Å². The Balaban J connectivity index is 1.04. The highest BCUT2D eigenvalue weighted by Crippen LogP contribution is 2.28. The molecular formula is C39H46N4O5. The zero-order valence-corrected chi connectivity index (χ0v) is 28.2. The Kier molecular flexibility index (Phi) is 12.7. The number of nitrogens with zero attached hydrogens (tertiary/aromatic N) is 2. The Morgan fingerprint density at radius 2 is 1.54 bits per heavy atom. The minimum atomic E-state index is -0.134. The van der Waals surface area contributed by atoms with Crippen LogP contribution in [-0.4, -0.2) is 62.1 Å². The molecule has 0 unspecified atom stereocenters. The molecule has 0 bridgehead atoms. The molecule has 5 rings (SSSR count). The first-order valence-electron chi connectivity index (χ1n) is 16.7. The average Bonchev–Trinajstić information content (AvgIpc) is 3.09. The number of anilines is 1. The largest absolute Gasteiger partial charge is 0.489 e. The van der Waals surface area contributed by atoms with Crippen LogP contribution in [-0.2, 0) is 33.7 Å². The second kappa shape index (κ2) is 17.5. The standard InChI is InChI=1S/C39H46N4O5/c1-4-16-45-18-20-47-21-19-46-17-15-41-39(44)32-10-6-29(7-11-32)26-48-33-13-12-31(28(3)23-33)9-8-30-24-35-34-14-5-27(2)22-36(34)43-38(40)37(35)42-25-30/h5-7,10-14,22-25H,4,8-9,15-21,26H2,1-3H3,(H2,40,43)(H,41,44). The normalized spacial score (nSPS) is 11.3. The predicted molar refractivity (Wildman–Crippen MR) is 191 cm³/mol. The lowest BCUT2D eigenvalue weighted by Crippen LogP contribution is -2.27. The van der Waals surface area contributed by atoms with Crippen LogP contribution in [0.1, 0.15) is 51.5 Å². The molecule has 2 heterocycles. The van der Waals surface area contributed by atoms with Crippen molar-refractivity contribution in [3.05, 3.63) is 106 Å². The van der Waals surface area contributed by atoms with Crippen molar-refractivity contribution < 1.29 is 23.7 Å². The molecule has 48 heavy (non-hydrogen) atoms. The number of benzene rings is 3. The van der Waals surface area contributed by atoms with E-state index in [4.69, 9.17) is 24.7 Å². The number of hydrogen-bond acceptors (Lipinski definition) is 8. The van der Waals surface area contributed by atoms with Crippen molar-refractivity contribution >= 4 is 33.5 Å². The molecule has 1 amide bonds. The predicted octanol–water partition coefficient (Wildman–Crippen LogP) is 6.54. The van der Waals surface area contributed by atoms with Crippen LogP contribution in [0.25, 0.3) is 21.8 Å². The fraction of sp³-hybridized carbons (Fsp3) is 0.359. The fourth-order valence-electron chi connectivity index (χ4n) is 5.46. The third kappa shape index (κ3) is 9.73. The van der Waals surface area contributed by atoms with Crippen LogP contribution in [0, 0.1) is 13.8 Å². The van der Waals surface area contributed by atoms with E-state index < -0.39 is 0 Å². The maximum atomic E-state index is 12.5. The second-order valence-electron chi connectivity index (χ2n) is 11.9. The Hall–Kier alpha value is -4.57. The van der Waals surface area contributed by atoms with E-state index in [1.54, 1.807) is 0 Å². The average molecular weight is 651 g/mol. The van der Waals surface area contributed by atoms with Crippen LogP contribution in [0.2, 0.25) is 0 Å². The van der Waals surface area contributed by atoms with E-state index in [2.05, 4.69) is 72.5 Å². The zero-order chi connectivity index (χ0) is 33.7. The van der Waals surface area contributed by atoms with Crippen LogP contribution >= 0.6 is 0 Å². The van der Waals surface area contributed by atoms with Crippen molar-refractivity contribution in [2.75, 3.05) is 51.9 Å². The lowest BCUT2D eigenvalue weighted by molar-refractivity contribution is 0.0152. The van der Waals surface area contributed by atoms with Crippen LogP contribution in [0.3, 0.4) is 0 Å². The molecule has 0 saturated carbocycles. The molecule has 0 spiro atoms. The summed E-state index contributed by atoms with van der Waals surface area (Å²) in [6.07, 6.45) is 4.65. The number of aromatic nitrogens is 2. The lowest BCUT2D eigenvalue weighted by Gasteiger charge is -2.12. The number of carbonyl (C=O) groups is 1. The summed E-state index contributed by atoms with van der Waals surface area (Å²) in [5.41, 5.74) is 14.2. The van der Waals surface area contributed by atoms with E-state index in [9.17, 15) is 4.79 Å². The van der Waals surface area contributed by atoms with Crippen LogP contribution in [0.4, 0.5) is 5.82 Å². The van der Waals surface area contributed by atoms with Gasteiger partial charge in [-0.2, -0.15) is 0 Å². The Morgan fingerprint density at radius 1 is 0.792 bits per heavy atom. The molecule has 0 aliphatic heterocycles. The van der Waals surface area contributed by atoms with Gasteiger partial charge in [-0.05, 0) is 97.3 Å². The Morgan fingerprint density at radius 3 is 2.29 bits per heavy atom. The zero-order valence-electron chi connectivity index (χ0n) is 28.2. The summed E-state index contributed by atoms with van der Waals surface area (Å²) >= 11 is 0. The third-order valence-corrected chi connectivity index (χ3v) is 8.11. The highest BCUT2D eigenvalue weighted by molar-refractivity contribution is 6.08. The first-order chi connectivity index (χ1) is 23.4. The molecule has 0 aliphatic carbocycles. The summed E-state index contributed by atoms with van der Waals surface area (Å²) in [7, 11) is 0. The molecule has 0 fully saturated rings. The summed E-state index contributed by atoms with van der Waals surface area (Å²) < 4.78 is 22.4. The number of hydrogen-bond donors (Lipinski definition) is 2. The summed E-state index contributed by atoms with van der Waals surface area (Å²) in [6, 6.07) is 22.1. The van der Waals surface area contributed by atoms with Gasteiger partial charge in [-0.25, -0.2) is 4.98 Å². The van der Waals surface area contributed by atoms with Crippen molar-refractivity contribution in [1.29, 1.82) is 0 Å². The van der Waals surface area contributed by atoms with E-state index in [1.165, 1.54) is 11.1 Å². The minimum Gasteiger partial charge on any atom is -0.489 e. The van der Waals surface area contributed by atoms with Crippen molar-refractivity contribution in [3.63, 3.8) is 0 Å². The van der Waals surface area contributed by atoms with E-state index in [0.717, 1.165) is 70.1 Å². The van der Waals surface area contributed by atoms with Crippen LogP contribution in [0.15, 0.2) is 72.9 Å². The number of rotatable bonds is 18. The lowest BCUT2D eigenvalue weighted by atomic mass is 9.99. The topological polar surface area (TPSA) is 118 Å². The number of nitrogens with one attached hydrogen (secondary N) is 1.